The Labute approximate surface area is 94.6 Å². The third-order valence-electron chi connectivity index (χ3n) is 2.50. The molecule has 4 nitrogen and oxygen atoms in total. The fraction of sp³-hybridized carbons (Fsp3) is 0.333. The molecule has 4 heteroatoms. The molecule has 0 aliphatic heterocycles. The lowest BCUT2D eigenvalue weighted by Gasteiger charge is -2.10. The number of nitrogens with zero attached hydrogens (tertiary/aromatic N) is 3. The fourth-order valence-corrected chi connectivity index (χ4v) is 1.74. The first-order valence-corrected chi connectivity index (χ1v) is 5.43. The number of rotatable bonds is 4. The lowest BCUT2D eigenvalue weighted by atomic mass is 10.2. The van der Waals surface area contributed by atoms with Crippen molar-refractivity contribution in [3.8, 4) is 5.69 Å². The van der Waals surface area contributed by atoms with Crippen molar-refractivity contribution in [3.63, 3.8) is 0 Å². The van der Waals surface area contributed by atoms with Gasteiger partial charge in [-0.3, -0.25) is 4.98 Å². The molecule has 2 aromatic rings. The van der Waals surface area contributed by atoms with Crippen LogP contribution >= 0.6 is 0 Å². The van der Waals surface area contributed by atoms with Gasteiger partial charge in [-0.15, -0.1) is 0 Å². The van der Waals surface area contributed by atoms with Crippen molar-refractivity contribution < 1.29 is 5.11 Å². The summed E-state index contributed by atoms with van der Waals surface area (Å²) in [6.07, 6.45) is 9.10. The van der Waals surface area contributed by atoms with Gasteiger partial charge in [0.15, 0.2) is 0 Å². The smallest absolute Gasteiger partial charge is 0.113 e. The van der Waals surface area contributed by atoms with Gasteiger partial charge >= 0.3 is 0 Å². The maximum Gasteiger partial charge on any atom is 0.113 e. The Morgan fingerprint density at radius 2 is 2.25 bits per heavy atom. The van der Waals surface area contributed by atoms with Crippen LogP contribution in [0.15, 0.2) is 30.9 Å². The molecule has 0 spiro atoms. The highest BCUT2D eigenvalue weighted by Gasteiger charge is 2.07. The van der Waals surface area contributed by atoms with Crippen LogP contribution in [0.5, 0.6) is 0 Å². The quantitative estimate of drug-likeness (QED) is 0.848. The number of aryl methyl sites for hydroxylation is 1. The van der Waals surface area contributed by atoms with Gasteiger partial charge in [0.2, 0.25) is 0 Å². The Morgan fingerprint density at radius 3 is 3.00 bits per heavy atom. The number of imidazole rings is 1. The number of hydrogen-bond donors (Lipinski definition) is 1. The summed E-state index contributed by atoms with van der Waals surface area (Å²) in [7, 11) is 0. The van der Waals surface area contributed by atoms with E-state index < -0.39 is 0 Å². The average molecular weight is 217 g/mol. The molecule has 0 bridgehead atoms. The predicted molar refractivity (Wildman–Crippen MR) is 61.3 cm³/mol. The van der Waals surface area contributed by atoms with Gasteiger partial charge in [-0.1, -0.05) is 6.92 Å². The van der Waals surface area contributed by atoms with Crippen molar-refractivity contribution in [1.82, 2.24) is 14.5 Å². The second kappa shape index (κ2) is 4.90. The molecule has 2 rings (SSSR count). The molecule has 0 atom stereocenters. The molecular formula is C12H15N3O. The molecule has 2 aromatic heterocycles. The third kappa shape index (κ3) is 1.97. The molecule has 16 heavy (non-hydrogen) atoms. The standard InChI is InChI=1S/C12H15N3O/c1-2-3-12-14-6-7-15(12)11-4-5-13-8-10(11)9-16/h4-8,16H,2-3,9H2,1H3. The summed E-state index contributed by atoms with van der Waals surface area (Å²) in [6, 6.07) is 1.90. The van der Waals surface area contributed by atoms with Crippen LogP contribution in [0.1, 0.15) is 24.7 Å². The van der Waals surface area contributed by atoms with E-state index in [9.17, 15) is 5.11 Å². The molecule has 84 valence electrons. The summed E-state index contributed by atoms with van der Waals surface area (Å²) in [4.78, 5) is 8.33. The van der Waals surface area contributed by atoms with Crippen LogP contribution in [0.3, 0.4) is 0 Å². The minimum Gasteiger partial charge on any atom is -0.392 e. The highest BCUT2D eigenvalue weighted by atomic mass is 16.3. The van der Waals surface area contributed by atoms with Gasteiger partial charge in [0.1, 0.15) is 5.82 Å². The summed E-state index contributed by atoms with van der Waals surface area (Å²) in [5.74, 6) is 1.02. The molecule has 1 N–H and O–H groups in total. The van der Waals surface area contributed by atoms with E-state index in [-0.39, 0.29) is 6.61 Å². The first kappa shape index (κ1) is 10.8. The van der Waals surface area contributed by atoms with Crippen LogP contribution in [-0.4, -0.2) is 19.6 Å². The summed E-state index contributed by atoms with van der Waals surface area (Å²) in [5, 5.41) is 9.26. The number of aromatic nitrogens is 3. The lowest BCUT2D eigenvalue weighted by molar-refractivity contribution is 0.281. The molecule has 0 amide bonds. The molecule has 0 saturated heterocycles. The van der Waals surface area contributed by atoms with Crippen molar-refractivity contribution >= 4 is 0 Å². The largest absolute Gasteiger partial charge is 0.392 e. The number of aliphatic hydroxyl groups is 1. The first-order chi connectivity index (χ1) is 7.86. The Morgan fingerprint density at radius 1 is 1.38 bits per heavy atom. The van der Waals surface area contributed by atoms with Gasteiger partial charge < -0.3 is 9.67 Å². The second-order valence-electron chi connectivity index (χ2n) is 3.63. The van der Waals surface area contributed by atoms with Gasteiger partial charge in [0, 0.05) is 36.8 Å². The SMILES string of the molecule is CCCc1nccn1-c1ccncc1CO. The summed E-state index contributed by atoms with van der Waals surface area (Å²) in [6.45, 7) is 2.12. The zero-order chi connectivity index (χ0) is 11.4. The molecule has 0 unspecified atom stereocenters. The topological polar surface area (TPSA) is 50.9 Å². The molecule has 0 aliphatic rings. The van der Waals surface area contributed by atoms with Crippen molar-refractivity contribution in [2.45, 2.75) is 26.4 Å². The molecule has 0 saturated carbocycles. The van der Waals surface area contributed by atoms with Crippen LogP contribution in [0, 0.1) is 0 Å². The fourth-order valence-electron chi connectivity index (χ4n) is 1.74. The number of aliphatic hydroxyl groups excluding tert-OH is 1. The van der Waals surface area contributed by atoms with Gasteiger partial charge in [-0.05, 0) is 12.5 Å². The molecule has 0 aromatic carbocycles. The second-order valence-corrected chi connectivity index (χ2v) is 3.63. The Bertz CT molecular complexity index is 465. The van der Waals surface area contributed by atoms with Gasteiger partial charge in [0.05, 0.1) is 12.3 Å². The van der Waals surface area contributed by atoms with E-state index in [4.69, 9.17) is 0 Å². The minimum atomic E-state index is -0.00703. The number of hydrogen-bond acceptors (Lipinski definition) is 3. The summed E-state index contributed by atoms with van der Waals surface area (Å²) in [5.41, 5.74) is 1.77. The van der Waals surface area contributed by atoms with Crippen LogP contribution < -0.4 is 0 Å². The molecule has 0 aliphatic carbocycles. The van der Waals surface area contributed by atoms with E-state index >= 15 is 0 Å². The van der Waals surface area contributed by atoms with Crippen molar-refractivity contribution in [3.05, 3.63) is 42.2 Å². The monoisotopic (exact) mass is 217 g/mol. The van der Waals surface area contributed by atoms with E-state index in [0.29, 0.717) is 0 Å². The Balaban J connectivity index is 2.45. The molecular weight excluding hydrogens is 202 g/mol. The third-order valence-corrected chi connectivity index (χ3v) is 2.50. The zero-order valence-electron chi connectivity index (χ0n) is 9.30. The normalized spacial score (nSPS) is 10.6. The minimum absolute atomic E-state index is 0.00703. The van der Waals surface area contributed by atoms with Crippen LogP contribution in [0.4, 0.5) is 0 Å². The van der Waals surface area contributed by atoms with Crippen molar-refractivity contribution in [2.24, 2.45) is 0 Å². The highest BCUT2D eigenvalue weighted by molar-refractivity contribution is 5.39. The van der Waals surface area contributed by atoms with Crippen LogP contribution in [-0.2, 0) is 13.0 Å². The van der Waals surface area contributed by atoms with E-state index in [1.54, 1.807) is 18.6 Å². The van der Waals surface area contributed by atoms with Gasteiger partial charge in [-0.2, -0.15) is 0 Å². The summed E-state index contributed by atoms with van der Waals surface area (Å²) >= 11 is 0. The molecule has 2 heterocycles. The van der Waals surface area contributed by atoms with Crippen molar-refractivity contribution in [1.29, 1.82) is 0 Å². The van der Waals surface area contributed by atoms with Gasteiger partial charge in [0.25, 0.3) is 0 Å². The lowest BCUT2D eigenvalue weighted by Crippen LogP contribution is -2.04. The predicted octanol–water partition coefficient (Wildman–Crippen LogP) is 1.71. The maximum absolute atomic E-state index is 9.26. The van der Waals surface area contributed by atoms with E-state index in [0.717, 1.165) is 29.9 Å². The molecule has 0 radical (unpaired) electrons. The molecule has 0 fully saturated rings. The highest BCUT2D eigenvalue weighted by Crippen LogP contribution is 2.16. The van der Waals surface area contributed by atoms with E-state index in [2.05, 4.69) is 16.9 Å². The van der Waals surface area contributed by atoms with Crippen LogP contribution in [0.2, 0.25) is 0 Å². The van der Waals surface area contributed by atoms with Crippen LogP contribution in [0.25, 0.3) is 5.69 Å². The summed E-state index contributed by atoms with van der Waals surface area (Å²) < 4.78 is 2.01. The van der Waals surface area contributed by atoms with Gasteiger partial charge in [-0.25, -0.2) is 4.98 Å². The maximum atomic E-state index is 9.26. The van der Waals surface area contributed by atoms with E-state index in [1.165, 1.54) is 0 Å². The zero-order valence-corrected chi connectivity index (χ0v) is 9.30. The Hall–Kier alpha value is -1.68. The Kier molecular flexibility index (Phi) is 3.31. The van der Waals surface area contributed by atoms with E-state index in [1.807, 2.05) is 16.8 Å². The first-order valence-electron chi connectivity index (χ1n) is 5.43. The van der Waals surface area contributed by atoms with Crippen molar-refractivity contribution in [2.75, 3.05) is 0 Å². The average Bonchev–Trinajstić information content (AvgIpc) is 2.77. The number of pyridine rings is 1.